The molecule has 5 heteroatoms. The molecule has 0 bridgehead atoms. The Labute approximate surface area is 138 Å². The lowest BCUT2D eigenvalue weighted by molar-refractivity contribution is 0.264. The molecule has 0 saturated heterocycles. The van der Waals surface area contributed by atoms with Gasteiger partial charge in [0.1, 0.15) is 0 Å². The van der Waals surface area contributed by atoms with Crippen molar-refractivity contribution in [3.8, 4) is 0 Å². The quantitative estimate of drug-likeness (QED) is 0.608. The summed E-state index contributed by atoms with van der Waals surface area (Å²) in [4.78, 5) is 2.25. The second-order valence-electron chi connectivity index (χ2n) is 5.05. The lowest BCUT2D eigenvalue weighted by Crippen LogP contribution is -2.21. The Bertz CT molecular complexity index is 808. The van der Waals surface area contributed by atoms with Gasteiger partial charge in [-0.2, -0.15) is 0 Å². The van der Waals surface area contributed by atoms with Crippen LogP contribution in [0, 0.1) is 3.95 Å². The van der Waals surface area contributed by atoms with Gasteiger partial charge in [0.25, 0.3) is 0 Å². The first-order valence-electron chi connectivity index (χ1n) is 6.65. The molecule has 3 rings (SSSR count). The molecule has 0 fully saturated rings. The highest BCUT2D eigenvalue weighted by Gasteiger charge is 2.08. The van der Waals surface area contributed by atoms with Gasteiger partial charge in [-0.15, -0.1) is 11.3 Å². The molecule has 1 aromatic heterocycles. The van der Waals surface area contributed by atoms with Crippen molar-refractivity contribution in [2.24, 2.45) is 0 Å². The van der Waals surface area contributed by atoms with Crippen molar-refractivity contribution in [3.63, 3.8) is 0 Å². The second-order valence-corrected chi connectivity index (χ2v) is 7.16. The Morgan fingerprint density at radius 2 is 1.95 bits per heavy atom. The minimum absolute atomic E-state index is 0.745. The van der Waals surface area contributed by atoms with Crippen LogP contribution in [0.1, 0.15) is 5.56 Å². The van der Waals surface area contributed by atoms with Crippen molar-refractivity contribution >= 4 is 45.4 Å². The number of aromatic nitrogens is 1. The van der Waals surface area contributed by atoms with Crippen LogP contribution in [0.25, 0.3) is 10.2 Å². The predicted molar refractivity (Wildman–Crippen MR) is 93.6 cm³/mol. The molecule has 0 N–H and O–H groups in total. The van der Waals surface area contributed by atoms with Crippen LogP contribution >= 0.6 is 35.2 Å². The van der Waals surface area contributed by atoms with Crippen molar-refractivity contribution in [1.29, 1.82) is 0 Å². The summed E-state index contributed by atoms with van der Waals surface area (Å²) in [5.74, 6) is 0. The number of hydrogen-bond donors (Lipinski definition) is 0. The molecule has 0 radical (unpaired) electrons. The number of rotatable bonds is 4. The first-order valence-corrected chi connectivity index (χ1v) is 8.25. The number of hydrogen-bond acceptors (Lipinski definition) is 3. The highest BCUT2D eigenvalue weighted by molar-refractivity contribution is 7.73. The van der Waals surface area contributed by atoms with Gasteiger partial charge in [-0.05, 0) is 43.0 Å². The summed E-state index contributed by atoms with van der Waals surface area (Å²) in [6, 6.07) is 16.4. The average molecular weight is 335 g/mol. The van der Waals surface area contributed by atoms with E-state index in [1.165, 1.54) is 10.3 Å². The van der Waals surface area contributed by atoms with Gasteiger partial charge < -0.3 is 4.57 Å². The molecule has 108 valence electrons. The molecule has 0 aliphatic heterocycles. The van der Waals surface area contributed by atoms with E-state index in [1.807, 2.05) is 24.3 Å². The summed E-state index contributed by atoms with van der Waals surface area (Å²) in [6.07, 6.45) is 0. The SMILES string of the molecule is CN(Cc1ccccc1)Cn1c(=S)sc2ccc(Cl)cc21. The van der Waals surface area contributed by atoms with Crippen LogP contribution in [0.15, 0.2) is 48.5 Å². The van der Waals surface area contributed by atoms with Gasteiger partial charge in [-0.3, -0.25) is 4.90 Å². The number of benzene rings is 2. The number of halogens is 1. The Morgan fingerprint density at radius 3 is 2.71 bits per heavy atom. The van der Waals surface area contributed by atoms with Crippen LogP contribution in [0.5, 0.6) is 0 Å². The Kier molecular flexibility index (Phi) is 4.40. The largest absolute Gasteiger partial charge is 0.309 e. The Hall–Kier alpha value is -1.20. The smallest absolute Gasteiger partial charge is 0.163 e. The lowest BCUT2D eigenvalue weighted by Gasteiger charge is -2.18. The molecule has 2 nitrogen and oxygen atoms in total. The molecule has 0 saturated carbocycles. The third-order valence-corrected chi connectivity index (χ3v) is 4.97. The van der Waals surface area contributed by atoms with Crippen molar-refractivity contribution in [1.82, 2.24) is 9.47 Å². The molecule has 2 aromatic carbocycles. The zero-order chi connectivity index (χ0) is 14.8. The van der Waals surface area contributed by atoms with Crippen LogP contribution in [-0.4, -0.2) is 16.5 Å². The topological polar surface area (TPSA) is 8.17 Å². The molecule has 0 aliphatic rings. The van der Waals surface area contributed by atoms with E-state index in [-0.39, 0.29) is 0 Å². The van der Waals surface area contributed by atoms with Gasteiger partial charge in [0.15, 0.2) is 3.95 Å². The van der Waals surface area contributed by atoms with Gasteiger partial charge in [0.05, 0.1) is 16.9 Å². The Morgan fingerprint density at radius 1 is 1.19 bits per heavy atom. The van der Waals surface area contributed by atoms with Crippen molar-refractivity contribution in [2.45, 2.75) is 13.2 Å². The van der Waals surface area contributed by atoms with Gasteiger partial charge in [-0.1, -0.05) is 41.9 Å². The molecule has 1 heterocycles. The van der Waals surface area contributed by atoms with Crippen LogP contribution in [0.4, 0.5) is 0 Å². The molecule has 0 aliphatic carbocycles. The normalized spacial score (nSPS) is 11.4. The minimum atomic E-state index is 0.745. The maximum atomic E-state index is 6.11. The number of thiazole rings is 1. The second kappa shape index (κ2) is 6.28. The fraction of sp³-hybridized carbons (Fsp3) is 0.188. The number of nitrogens with zero attached hydrogens (tertiary/aromatic N) is 2. The maximum Gasteiger partial charge on any atom is 0.163 e. The zero-order valence-corrected chi connectivity index (χ0v) is 14.0. The fourth-order valence-corrected chi connectivity index (χ4v) is 3.81. The summed E-state index contributed by atoms with van der Waals surface area (Å²) in [5, 5.41) is 0.745. The number of fused-ring (bicyclic) bond motifs is 1. The first kappa shape index (κ1) is 14.7. The first-order chi connectivity index (χ1) is 10.1. The third kappa shape index (κ3) is 3.35. The summed E-state index contributed by atoms with van der Waals surface area (Å²) in [6.45, 7) is 1.65. The van der Waals surface area contributed by atoms with Crippen LogP contribution in [-0.2, 0) is 13.2 Å². The van der Waals surface area contributed by atoms with Gasteiger partial charge >= 0.3 is 0 Å². The maximum absolute atomic E-state index is 6.11. The summed E-state index contributed by atoms with van der Waals surface area (Å²) in [5.41, 5.74) is 2.40. The van der Waals surface area contributed by atoms with E-state index in [0.29, 0.717) is 0 Å². The zero-order valence-electron chi connectivity index (χ0n) is 11.6. The van der Waals surface area contributed by atoms with E-state index in [9.17, 15) is 0 Å². The van der Waals surface area contributed by atoms with E-state index in [4.69, 9.17) is 23.8 Å². The predicted octanol–water partition coefficient (Wildman–Crippen LogP) is 5.18. The third-order valence-electron chi connectivity index (χ3n) is 3.31. The molecule has 0 atom stereocenters. The van der Waals surface area contributed by atoms with Crippen LogP contribution in [0.2, 0.25) is 5.02 Å². The van der Waals surface area contributed by atoms with E-state index in [1.54, 1.807) is 11.3 Å². The molecule has 0 spiro atoms. The van der Waals surface area contributed by atoms with E-state index < -0.39 is 0 Å². The lowest BCUT2D eigenvalue weighted by atomic mass is 10.2. The Balaban J connectivity index is 1.86. The molecule has 0 amide bonds. The van der Waals surface area contributed by atoms with Gasteiger partial charge in [0.2, 0.25) is 0 Å². The van der Waals surface area contributed by atoms with Crippen molar-refractivity contribution in [2.75, 3.05) is 7.05 Å². The minimum Gasteiger partial charge on any atom is -0.309 e. The molecular formula is C16H15ClN2S2. The van der Waals surface area contributed by atoms with E-state index in [0.717, 1.165) is 27.7 Å². The van der Waals surface area contributed by atoms with Crippen LogP contribution < -0.4 is 0 Å². The highest BCUT2D eigenvalue weighted by Crippen LogP contribution is 2.26. The van der Waals surface area contributed by atoms with Crippen molar-refractivity contribution < 1.29 is 0 Å². The fourth-order valence-electron chi connectivity index (χ4n) is 2.36. The standard InChI is InChI=1S/C16H15ClN2S2/c1-18(10-12-5-3-2-4-6-12)11-19-14-9-13(17)7-8-15(14)21-16(19)20/h2-9H,10-11H2,1H3. The summed E-state index contributed by atoms with van der Waals surface area (Å²) in [7, 11) is 2.10. The summed E-state index contributed by atoms with van der Waals surface area (Å²) < 4.78 is 4.20. The van der Waals surface area contributed by atoms with Gasteiger partial charge in [-0.25, -0.2) is 0 Å². The van der Waals surface area contributed by atoms with Crippen molar-refractivity contribution in [3.05, 3.63) is 63.1 Å². The van der Waals surface area contributed by atoms with Crippen LogP contribution in [0.3, 0.4) is 0 Å². The highest BCUT2D eigenvalue weighted by atomic mass is 35.5. The van der Waals surface area contributed by atoms with E-state index >= 15 is 0 Å². The van der Waals surface area contributed by atoms with Gasteiger partial charge in [0, 0.05) is 11.6 Å². The monoisotopic (exact) mass is 334 g/mol. The molecule has 0 unspecified atom stereocenters. The van der Waals surface area contributed by atoms with E-state index in [2.05, 4.69) is 40.8 Å². The molecule has 3 aromatic rings. The molecule has 21 heavy (non-hydrogen) atoms. The average Bonchev–Trinajstić information content (AvgIpc) is 2.76. The summed E-state index contributed by atoms with van der Waals surface area (Å²) >= 11 is 13.2. The molecular weight excluding hydrogens is 320 g/mol.